The summed E-state index contributed by atoms with van der Waals surface area (Å²) in [5.74, 6) is -0.255. The van der Waals surface area contributed by atoms with E-state index in [9.17, 15) is 21.6 Å². The van der Waals surface area contributed by atoms with Gasteiger partial charge in [0, 0.05) is 25.7 Å². The summed E-state index contributed by atoms with van der Waals surface area (Å²) < 4.78 is 51.3. The molecule has 0 aromatic heterocycles. The van der Waals surface area contributed by atoms with E-state index in [0.717, 1.165) is 25.7 Å². The van der Waals surface area contributed by atoms with Gasteiger partial charge < -0.3 is 5.32 Å². The fourth-order valence-corrected chi connectivity index (χ4v) is 5.75. The number of nitrogens with zero attached hydrogens (tertiary/aromatic N) is 1. The Morgan fingerprint density at radius 1 is 1.00 bits per heavy atom. The first kappa shape index (κ1) is 21.6. The summed E-state index contributed by atoms with van der Waals surface area (Å²) in [5, 5.41) is 2.68. The van der Waals surface area contributed by atoms with Gasteiger partial charge in [-0.15, -0.1) is 0 Å². The van der Waals surface area contributed by atoms with E-state index in [1.807, 2.05) is 0 Å². The second-order valence-corrected chi connectivity index (χ2v) is 11.5. The van der Waals surface area contributed by atoms with Gasteiger partial charge >= 0.3 is 0 Å². The molecule has 26 heavy (non-hydrogen) atoms. The molecule has 2 N–H and O–H groups in total. The summed E-state index contributed by atoms with van der Waals surface area (Å²) >= 11 is 0. The Hall–Kier alpha value is -0.710. The van der Waals surface area contributed by atoms with Crippen LogP contribution in [0.5, 0.6) is 0 Å². The van der Waals surface area contributed by atoms with Gasteiger partial charge in [0.05, 0.1) is 6.26 Å². The zero-order valence-corrected chi connectivity index (χ0v) is 17.2. The number of sulfonamides is 2. The molecular formula is C16H31N3O5S2. The average Bonchev–Trinajstić information content (AvgIpc) is 2.54. The van der Waals surface area contributed by atoms with Crippen molar-refractivity contribution in [3.63, 3.8) is 0 Å². The Morgan fingerprint density at radius 2 is 1.58 bits per heavy atom. The Kier molecular flexibility index (Phi) is 7.46. The van der Waals surface area contributed by atoms with Crippen molar-refractivity contribution in [2.45, 2.75) is 51.5 Å². The van der Waals surface area contributed by atoms with E-state index in [0.29, 0.717) is 38.4 Å². The molecule has 0 radical (unpaired) electrons. The van der Waals surface area contributed by atoms with E-state index < -0.39 is 31.7 Å². The van der Waals surface area contributed by atoms with Gasteiger partial charge in [-0.25, -0.2) is 25.9 Å². The third-order valence-corrected chi connectivity index (χ3v) is 7.95. The van der Waals surface area contributed by atoms with Gasteiger partial charge in [-0.1, -0.05) is 6.92 Å². The molecule has 2 aliphatic rings. The second kappa shape index (κ2) is 8.99. The fraction of sp³-hybridized carbons (Fsp3) is 0.938. The van der Waals surface area contributed by atoms with Crippen molar-refractivity contribution >= 4 is 26.0 Å². The highest BCUT2D eigenvalue weighted by molar-refractivity contribution is 7.90. The van der Waals surface area contributed by atoms with Crippen molar-refractivity contribution in [1.82, 2.24) is 14.3 Å². The predicted molar refractivity (Wildman–Crippen MR) is 100 cm³/mol. The number of piperidine rings is 1. The number of amides is 1. The van der Waals surface area contributed by atoms with Crippen LogP contribution < -0.4 is 10.0 Å². The number of rotatable bonds is 7. The first-order valence-corrected chi connectivity index (χ1v) is 12.8. The quantitative estimate of drug-likeness (QED) is 0.627. The lowest BCUT2D eigenvalue weighted by atomic mass is 9.88. The van der Waals surface area contributed by atoms with Crippen LogP contribution in [0.3, 0.4) is 0 Å². The minimum Gasteiger partial charge on any atom is -0.355 e. The SMILES string of the molecule is CC1CCC(NS(=O)(=O)CC(=O)NCC2CCN(S(C)(=O)=O)CC2)CC1. The summed E-state index contributed by atoms with van der Waals surface area (Å²) in [7, 11) is -6.79. The van der Waals surface area contributed by atoms with Crippen molar-refractivity contribution < 1.29 is 21.6 Å². The van der Waals surface area contributed by atoms with Gasteiger partial charge in [0.15, 0.2) is 0 Å². The minimum atomic E-state index is -3.63. The van der Waals surface area contributed by atoms with Crippen LogP contribution in [0.1, 0.15) is 45.4 Å². The summed E-state index contributed by atoms with van der Waals surface area (Å²) in [5.41, 5.74) is 0. The van der Waals surface area contributed by atoms with E-state index in [1.54, 1.807) is 0 Å². The summed E-state index contributed by atoms with van der Waals surface area (Å²) in [4.78, 5) is 12.0. The summed E-state index contributed by atoms with van der Waals surface area (Å²) in [6.45, 7) is 3.43. The van der Waals surface area contributed by atoms with Crippen LogP contribution in [0.4, 0.5) is 0 Å². The molecule has 1 saturated carbocycles. The van der Waals surface area contributed by atoms with Crippen LogP contribution in [0.2, 0.25) is 0 Å². The standard InChI is InChI=1S/C16H31N3O5S2/c1-13-3-5-15(6-4-13)18-26(23,24)12-16(20)17-11-14-7-9-19(10-8-14)25(2,21)22/h13-15,18H,3-12H2,1-2H3,(H,17,20). The van der Waals surface area contributed by atoms with E-state index in [4.69, 9.17) is 0 Å². The third kappa shape index (κ3) is 7.13. The Bertz CT molecular complexity index is 677. The smallest absolute Gasteiger partial charge is 0.236 e. The molecule has 2 rings (SSSR count). The van der Waals surface area contributed by atoms with E-state index >= 15 is 0 Å². The molecule has 0 spiro atoms. The van der Waals surface area contributed by atoms with Crippen molar-refractivity contribution in [3.05, 3.63) is 0 Å². The number of carbonyl (C=O) groups excluding carboxylic acids is 1. The molecule has 1 aliphatic heterocycles. The first-order chi connectivity index (χ1) is 12.0. The molecule has 0 aromatic rings. The van der Waals surface area contributed by atoms with Gasteiger partial charge in [-0.05, 0) is 50.4 Å². The number of hydrogen-bond donors (Lipinski definition) is 2. The van der Waals surface area contributed by atoms with Crippen molar-refractivity contribution in [2.24, 2.45) is 11.8 Å². The molecule has 10 heteroatoms. The molecule has 0 unspecified atom stereocenters. The summed E-state index contributed by atoms with van der Waals surface area (Å²) in [6.07, 6.45) is 6.18. The Balaban J connectivity index is 1.70. The highest BCUT2D eigenvalue weighted by Gasteiger charge is 2.27. The lowest BCUT2D eigenvalue weighted by molar-refractivity contribution is -0.118. The van der Waals surface area contributed by atoms with Crippen molar-refractivity contribution in [3.8, 4) is 0 Å². The molecule has 1 heterocycles. The Labute approximate surface area is 157 Å². The molecule has 2 fully saturated rings. The maximum absolute atomic E-state index is 12.1. The zero-order valence-electron chi connectivity index (χ0n) is 15.6. The second-order valence-electron chi connectivity index (χ2n) is 7.74. The molecule has 1 aliphatic carbocycles. The van der Waals surface area contributed by atoms with Crippen LogP contribution in [-0.2, 0) is 24.8 Å². The van der Waals surface area contributed by atoms with E-state index in [-0.39, 0.29) is 12.0 Å². The van der Waals surface area contributed by atoms with Crippen molar-refractivity contribution in [1.29, 1.82) is 0 Å². The minimum absolute atomic E-state index is 0.0654. The predicted octanol–water partition coefficient (Wildman–Crippen LogP) is 0.272. The van der Waals surface area contributed by atoms with Crippen LogP contribution >= 0.6 is 0 Å². The fourth-order valence-electron chi connectivity index (χ4n) is 3.60. The molecule has 0 atom stereocenters. The molecule has 8 nitrogen and oxygen atoms in total. The van der Waals surface area contributed by atoms with Crippen LogP contribution in [0.15, 0.2) is 0 Å². The van der Waals surface area contributed by atoms with Gasteiger partial charge in [0.2, 0.25) is 26.0 Å². The van der Waals surface area contributed by atoms with Crippen LogP contribution in [0.25, 0.3) is 0 Å². The van der Waals surface area contributed by atoms with Gasteiger partial charge in [-0.2, -0.15) is 0 Å². The number of carbonyl (C=O) groups is 1. The molecular weight excluding hydrogens is 378 g/mol. The molecule has 152 valence electrons. The zero-order chi connectivity index (χ0) is 19.4. The van der Waals surface area contributed by atoms with Gasteiger partial charge in [0.1, 0.15) is 5.75 Å². The normalized spacial score (nSPS) is 26.5. The van der Waals surface area contributed by atoms with E-state index in [2.05, 4.69) is 17.0 Å². The molecule has 1 amide bonds. The van der Waals surface area contributed by atoms with Gasteiger partial charge in [-0.3, -0.25) is 4.79 Å². The van der Waals surface area contributed by atoms with E-state index in [1.165, 1.54) is 10.6 Å². The Morgan fingerprint density at radius 3 is 2.12 bits per heavy atom. The number of nitrogens with one attached hydrogen (secondary N) is 2. The monoisotopic (exact) mass is 409 g/mol. The topological polar surface area (TPSA) is 113 Å². The van der Waals surface area contributed by atoms with Crippen LogP contribution in [0, 0.1) is 11.8 Å². The van der Waals surface area contributed by atoms with Crippen molar-refractivity contribution in [2.75, 3.05) is 31.6 Å². The summed E-state index contributed by atoms with van der Waals surface area (Å²) in [6, 6.07) is -0.0654. The number of hydrogen-bond acceptors (Lipinski definition) is 5. The lowest BCUT2D eigenvalue weighted by Gasteiger charge is -2.30. The maximum Gasteiger partial charge on any atom is 0.236 e. The van der Waals surface area contributed by atoms with Gasteiger partial charge in [0.25, 0.3) is 0 Å². The third-order valence-electron chi connectivity index (χ3n) is 5.31. The molecule has 0 bridgehead atoms. The average molecular weight is 410 g/mol. The first-order valence-electron chi connectivity index (χ1n) is 9.27. The highest BCUT2D eigenvalue weighted by Crippen LogP contribution is 2.24. The lowest BCUT2D eigenvalue weighted by Crippen LogP contribution is -2.44. The maximum atomic E-state index is 12.1. The molecule has 0 aromatic carbocycles. The highest BCUT2D eigenvalue weighted by atomic mass is 32.2. The van der Waals surface area contributed by atoms with Crippen LogP contribution in [-0.4, -0.2) is 64.7 Å². The largest absolute Gasteiger partial charge is 0.355 e. The molecule has 1 saturated heterocycles.